The summed E-state index contributed by atoms with van der Waals surface area (Å²) in [6, 6.07) is 68.1. The maximum atomic E-state index is 2.25. The number of hydrogen-bond acceptors (Lipinski definition) is 0. The zero-order valence-electron chi connectivity index (χ0n) is 66.1. The van der Waals surface area contributed by atoms with E-state index in [1.54, 1.807) is 0 Å². The van der Waals surface area contributed by atoms with Gasteiger partial charge >= 0.3 is 0 Å². The van der Waals surface area contributed by atoms with Gasteiger partial charge in [0.25, 0.3) is 0 Å². The van der Waals surface area contributed by atoms with Gasteiger partial charge in [-0.15, -0.1) is 0 Å². The molecule has 18 aromatic heterocycles. The fourth-order valence-electron chi connectivity index (χ4n) is 15.9. The minimum atomic E-state index is 1.25. The lowest BCUT2D eigenvalue weighted by Gasteiger charge is -2.11. The summed E-state index contributed by atoms with van der Waals surface area (Å²) >= 11 is 0. The predicted molar refractivity (Wildman–Crippen MR) is 441 cm³/mol. The van der Waals surface area contributed by atoms with E-state index in [0.29, 0.717) is 0 Å². The maximum absolute atomic E-state index is 2.25. The average Bonchev–Trinajstić information content (AvgIpc) is 1.59. The molecule has 12 heteroatoms. The molecular formula is C96H102N12+6. The fraction of sp³-hybridized carbons (Fsp3) is 0.188. The Labute approximate surface area is 636 Å². The number of fused-ring (bicyclic) bond motifs is 6. The molecule has 0 aromatic carbocycles. The van der Waals surface area contributed by atoms with Crippen LogP contribution in [0.25, 0.3) is 101 Å². The molecule has 0 radical (unpaired) electrons. The first-order valence-electron chi connectivity index (χ1n) is 37.2. The molecule has 0 spiro atoms. The lowest BCUT2D eigenvalue weighted by atomic mass is 10.0. The molecule has 0 fully saturated rings. The van der Waals surface area contributed by atoms with E-state index in [2.05, 4.69) is 472 Å². The van der Waals surface area contributed by atoms with E-state index in [1.807, 2.05) is 0 Å². The zero-order chi connectivity index (χ0) is 76.2. The van der Waals surface area contributed by atoms with E-state index in [-0.39, 0.29) is 0 Å². The maximum Gasteiger partial charge on any atom is 0.214 e. The Hall–Kier alpha value is -12.5. The summed E-state index contributed by atoms with van der Waals surface area (Å²) in [5, 5.41) is 0. The van der Waals surface area contributed by atoms with Crippen molar-refractivity contribution in [2.45, 2.75) is 83.1 Å². The molecule has 540 valence electrons. The highest BCUT2D eigenvalue weighted by molar-refractivity contribution is 5.84. The molecule has 12 nitrogen and oxygen atoms in total. The van der Waals surface area contributed by atoms with Gasteiger partial charge in [0.2, 0.25) is 34.2 Å². The van der Waals surface area contributed by atoms with Crippen LogP contribution in [-0.2, 0) is 42.3 Å². The summed E-state index contributed by atoms with van der Waals surface area (Å²) in [7, 11) is 12.6. The molecule has 0 atom stereocenters. The predicted octanol–water partition coefficient (Wildman–Crippen LogP) is 18.3. The monoisotopic (exact) mass is 1420 g/mol. The van der Waals surface area contributed by atoms with Crippen LogP contribution in [0.4, 0.5) is 0 Å². The highest BCUT2D eigenvalue weighted by Gasteiger charge is 2.23. The molecule has 0 saturated carbocycles. The molecule has 0 aliphatic carbocycles. The second kappa shape index (κ2) is 31.6. The van der Waals surface area contributed by atoms with Crippen LogP contribution < -0.4 is 27.4 Å². The van der Waals surface area contributed by atoms with Gasteiger partial charge in [0, 0.05) is 168 Å². The van der Waals surface area contributed by atoms with Gasteiger partial charge < -0.3 is 26.4 Å². The van der Waals surface area contributed by atoms with Crippen molar-refractivity contribution in [2.75, 3.05) is 0 Å². The fourth-order valence-corrected chi connectivity index (χ4v) is 15.9. The van der Waals surface area contributed by atoms with Crippen LogP contribution in [0.2, 0.25) is 0 Å². The smallest absolute Gasteiger partial charge is 0.214 e. The van der Waals surface area contributed by atoms with E-state index in [0.717, 1.165) is 0 Å². The number of aromatic nitrogens is 12. The summed E-state index contributed by atoms with van der Waals surface area (Å²) in [6.07, 6.45) is 33.9. The molecule has 18 rings (SSSR count). The molecule has 0 aliphatic heterocycles. The van der Waals surface area contributed by atoms with Gasteiger partial charge in [0.15, 0.2) is 37.2 Å². The Balaban J connectivity index is 0.000000114. The minimum Gasteiger partial charge on any atom is -0.323 e. The van der Waals surface area contributed by atoms with Gasteiger partial charge in [0.05, 0.1) is 44.4 Å². The van der Waals surface area contributed by atoms with Crippen molar-refractivity contribution in [3.05, 3.63) is 360 Å². The van der Waals surface area contributed by atoms with Crippen molar-refractivity contribution in [1.29, 1.82) is 0 Å². The van der Waals surface area contributed by atoms with Gasteiger partial charge in [-0.1, -0.05) is 0 Å². The molecule has 18 aromatic rings. The van der Waals surface area contributed by atoms with Crippen molar-refractivity contribution < 1.29 is 27.4 Å². The topological polar surface area (TPSA) is 49.7 Å². The normalized spacial score (nSPS) is 11.1. The Bertz CT molecular complexity index is 5680. The standard InChI is InChI=1S/6C16H17N2/c2*1-12-11-14-7-6-10-18(14)13(2)16(12)15-8-4-5-9-17(15)3;2*1-12-11-18-10-6-8-14(18)13(2)16(12)15-7-4-5-9-17(15)3;2*1-12-7-10-18-11-8-13(2)16(18)15(12)14-6-4-5-9-17(14)3/h6*4-11H,1-3H3/q6*+1. The van der Waals surface area contributed by atoms with Crippen LogP contribution in [0.15, 0.2) is 293 Å². The quantitative estimate of drug-likeness (QED) is 0.149. The first kappa shape index (κ1) is 73.8. The largest absolute Gasteiger partial charge is 0.323 e. The second-order valence-electron chi connectivity index (χ2n) is 28.8. The molecule has 0 saturated heterocycles. The summed E-state index contributed by atoms with van der Waals surface area (Å²) in [6.45, 7) is 26.2. The molecule has 18 heterocycles. The number of rotatable bonds is 6. The van der Waals surface area contributed by atoms with Gasteiger partial charge in [-0.2, -0.15) is 0 Å². The van der Waals surface area contributed by atoms with Crippen LogP contribution in [0, 0.1) is 83.1 Å². The van der Waals surface area contributed by atoms with E-state index in [9.17, 15) is 0 Å². The average molecular weight is 1420 g/mol. The first-order chi connectivity index (χ1) is 52.1. The number of hydrogen-bond donors (Lipinski definition) is 0. The van der Waals surface area contributed by atoms with Crippen molar-refractivity contribution in [3.63, 3.8) is 0 Å². The zero-order valence-corrected chi connectivity index (χ0v) is 66.1. The third-order valence-corrected chi connectivity index (χ3v) is 21.4. The summed E-state index contributed by atoms with van der Waals surface area (Å²) in [5.74, 6) is 0. The minimum absolute atomic E-state index is 1.25. The highest BCUT2D eigenvalue weighted by Crippen LogP contribution is 2.34. The van der Waals surface area contributed by atoms with Gasteiger partial charge in [-0.05, 0) is 260 Å². The van der Waals surface area contributed by atoms with Gasteiger partial charge in [-0.25, -0.2) is 27.4 Å². The Kier molecular flexibility index (Phi) is 21.6. The molecule has 0 N–H and O–H groups in total. The van der Waals surface area contributed by atoms with Crippen molar-refractivity contribution in [2.24, 2.45) is 42.3 Å². The first-order valence-corrected chi connectivity index (χ1v) is 37.2. The molecule has 0 bridgehead atoms. The van der Waals surface area contributed by atoms with Gasteiger partial charge in [0.1, 0.15) is 42.3 Å². The second-order valence-corrected chi connectivity index (χ2v) is 28.8. The molecule has 0 amide bonds. The summed E-state index contributed by atoms with van der Waals surface area (Å²) in [5.41, 5.74) is 38.9. The van der Waals surface area contributed by atoms with E-state index < -0.39 is 0 Å². The Morgan fingerprint density at radius 1 is 0.222 bits per heavy atom. The third-order valence-electron chi connectivity index (χ3n) is 21.4. The molecular weight excluding hydrogens is 1320 g/mol. The number of nitrogens with zero attached hydrogens (tertiary/aromatic N) is 12. The van der Waals surface area contributed by atoms with Crippen LogP contribution in [0.3, 0.4) is 0 Å². The highest BCUT2D eigenvalue weighted by atomic mass is 15.0. The van der Waals surface area contributed by atoms with Crippen molar-refractivity contribution >= 4 is 33.1 Å². The van der Waals surface area contributed by atoms with Crippen LogP contribution in [-0.4, -0.2) is 26.4 Å². The van der Waals surface area contributed by atoms with Gasteiger partial charge in [-0.3, -0.25) is 0 Å². The molecule has 0 aliphatic rings. The van der Waals surface area contributed by atoms with E-state index >= 15 is 0 Å². The number of aryl methyl sites for hydroxylation is 18. The molecule has 0 unspecified atom stereocenters. The SMILES string of the molecule is Cc1cc2cccn2c(C)c1-c1cccc[n+]1C.Cc1cc2cccn2c(C)c1-c1cccc[n+]1C.Cc1ccn2ccc(C)c2c1-c1cccc[n+]1C.Cc1ccn2ccc(C)c2c1-c1cccc[n+]1C.Cc1cn2cccc2c(C)c1-c1cccc[n+]1C.Cc1cn2cccc2c(C)c1-c1cccc[n+]1C. The third kappa shape index (κ3) is 14.7. The lowest BCUT2D eigenvalue weighted by Crippen LogP contribution is -2.30. The van der Waals surface area contributed by atoms with Crippen LogP contribution >= 0.6 is 0 Å². The lowest BCUT2D eigenvalue weighted by molar-refractivity contribution is -0.660. The van der Waals surface area contributed by atoms with Crippen molar-refractivity contribution in [1.82, 2.24) is 26.4 Å². The van der Waals surface area contributed by atoms with Crippen molar-refractivity contribution in [3.8, 4) is 67.5 Å². The summed E-state index contributed by atoms with van der Waals surface area (Å²) < 4.78 is 26.3. The van der Waals surface area contributed by atoms with E-state index in [4.69, 9.17) is 0 Å². The van der Waals surface area contributed by atoms with E-state index in [1.165, 1.54) is 168 Å². The Morgan fingerprint density at radius 3 is 0.806 bits per heavy atom. The molecule has 108 heavy (non-hydrogen) atoms. The van der Waals surface area contributed by atoms with Crippen LogP contribution in [0.1, 0.15) is 67.0 Å². The summed E-state index contributed by atoms with van der Waals surface area (Å²) in [4.78, 5) is 0. The van der Waals surface area contributed by atoms with Crippen LogP contribution in [0.5, 0.6) is 0 Å². The Morgan fingerprint density at radius 2 is 0.500 bits per heavy atom. The number of pyridine rings is 12.